The van der Waals surface area contributed by atoms with Crippen LogP contribution in [0.25, 0.3) is 0 Å². The van der Waals surface area contributed by atoms with Crippen molar-refractivity contribution in [3.63, 3.8) is 0 Å². The van der Waals surface area contributed by atoms with Gasteiger partial charge in [0.1, 0.15) is 6.42 Å². The van der Waals surface area contributed by atoms with Crippen molar-refractivity contribution in [2.24, 2.45) is 0 Å². The summed E-state index contributed by atoms with van der Waals surface area (Å²) in [6, 6.07) is 0. The van der Waals surface area contributed by atoms with Gasteiger partial charge >= 0.3 is 11.9 Å². The van der Waals surface area contributed by atoms with Gasteiger partial charge in [-0.15, -0.1) is 0 Å². The van der Waals surface area contributed by atoms with Crippen molar-refractivity contribution in [3.05, 3.63) is 11.3 Å². The lowest BCUT2D eigenvalue weighted by molar-refractivity contribution is -0.145. The summed E-state index contributed by atoms with van der Waals surface area (Å²) in [5.74, 6) is -1.62. The number of hydrogen-bond acceptors (Lipinski definition) is 6. The molecule has 0 aliphatic carbocycles. The van der Waals surface area contributed by atoms with Crippen molar-refractivity contribution in [1.82, 2.24) is 5.32 Å². The maximum Gasteiger partial charge on any atom is 0.335 e. The fourth-order valence-corrected chi connectivity index (χ4v) is 1.70. The van der Waals surface area contributed by atoms with E-state index in [9.17, 15) is 14.4 Å². The van der Waals surface area contributed by atoms with Gasteiger partial charge in [-0.05, 0) is 13.8 Å². The Morgan fingerprint density at radius 1 is 1.20 bits per heavy atom. The van der Waals surface area contributed by atoms with Gasteiger partial charge in [0, 0.05) is 6.42 Å². The van der Waals surface area contributed by atoms with Crippen molar-refractivity contribution in [2.75, 3.05) is 26.4 Å². The van der Waals surface area contributed by atoms with Crippen LogP contribution in [0.1, 0.15) is 26.7 Å². The van der Waals surface area contributed by atoms with E-state index in [0.717, 1.165) is 0 Å². The Labute approximate surface area is 117 Å². The van der Waals surface area contributed by atoms with Crippen LogP contribution in [0.2, 0.25) is 0 Å². The van der Waals surface area contributed by atoms with Crippen LogP contribution in [0, 0.1) is 0 Å². The molecule has 0 unspecified atom stereocenters. The molecule has 112 valence electrons. The summed E-state index contributed by atoms with van der Waals surface area (Å²) in [5.41, 5.74) is 0.735. The minimum Gasteiger partial charge on any atom is -0.466 e. The first kappa shape index (κ1) is 16.2. The molecule has 0 aromatic heterocycles. The Morgan fingerprint density at radius 3 is 2.55 bits per heavy atom. The molecule has 20 heavy (non-hydrogen) atoms. The molecule has 0 fully saturated rings. The van der Waals surface area contributed by atoms with Gasteiger partial charge in [-0.2, -0.15) is 0 Å². The molecule has 7 heteroatoms. The number of amides is 1. The van der Waals surface area contributed by atoms with Crippen LogP contribution in [0.5, 0.6) is 0 Å². The second-order valence-corrected chi connectivity index (χ2v) is 4.01. The summed E-state index contributed by atoms with van der Waals surface area (Å²) in [6.45, 7) is 4.34. The zero-order chi connectivity index (χ0) is 15.0. The average Bonchev–Trinajstić information content (AvgIpc) is 2.39. The van der Waals surface area contributed by atoms with E-state index in [1.54, 1.807) is 13.8 Å². The van der Waals surface area contributed by atoms with Gasteiger partial charge in [-0.25, -0.2) is 4.79 Å². The molecule has 7 nitrogen and oxygen atoms in total. The Bertz CT molecular complexity index is 415. The molecular formula is C13H19NO6. The van der Waals surface area contributed by atoms with E-state index < -0.39 is 24.3 Å². The monoisotopic (exact) mass is 285 g/mol. The normalized spacial score (nSPS) is 14.7. The molecule has 1 N–H and O–H groups in total. The van der Waals surface area contributed by atoms with Gasteiger partial charge in [-0.1, -0.05) is 0 Å². The number of rotatable bonds is 6. The van der Waals surface area contributed by atoms with Gasteiger partial charge in [0.2, 0.25) is 5.91 Å². The standard InChI is InChI=1S/C13H19NO6/c1-3-19-12(16)7-11(15)14-10-8-18-6-5-9(10)13(17)20-4-2/h3-8H2,1-2H3,(H,14,15). The summed E-state index contributed by atoms with van der Waals surface area (Å²) in [7, 11) is 0. The van der Waals surface area contributed by atoms with Crippen molar-refractivity contribution in [3.8, 4) is 0 Å². The summed E-state index contributed by atoms with van der Waals surface area (Å²) in [5, 5.41) is 2.51. The lowest BCUT2D eigenvalue weighted by Crippen LogP contribution is -2.33. The van der Waals surface area contributed by atoms with E-state index in [1.807, 2.05) is 0 Å². The van der Waals surface area contributed by atoms with E-state index in [2.05, 4.69) is 10.1 Å². The summed E-state index contributed by atoms with van der Waals surface area (Å²) in [6.07, 6.45) is -0.0265. The maximum atomic E-state index is 11.7. The van der Waals surface area contributed by atoms with Gasteiger partial charge in [0.25, 0.3) is 0 Å². The zero-order valence-electron chi connectivity index (χ0n) is 11.7. The molecule has 0 saturated heterocycles. The van der Waals surface area contributed by atoms with E-state index in [1.165, 1.54) is 0 Å². The molecular weight excluding hydrogens is 266 g/mol. The van der Waals surface area contributed by atoms with Crippen LogP contribution < -0.4 is 5.32 Å². The van der Waals surface area contributed by atoms with Crippen molar-refractivity contribution < 1.29 is 28.6 Å². The molecule has 1 amide bonds. The Kier molecular flexibility index (Phi) is 6.72. The topological polar surface area (TPSA) is 90.9 Å². The SMILES string of the molecule is CCOC(=O)CC(=O)NC1=C(C(=O)OCC)CCOC1. The average molecular weight is 285 g/mol. The van der Waals surface area contributed by atoms with Crippen molar-refractivity contribution in [2.45, 2.75) is 26.7 Å². The minimum atomic E-state index is -0.611. The number of carbonyl (C=O) groups is 3. The number of carbonyl (C=O) groups excluding carboxylic acids is 3. The smallest absolute Gasteiger partial charge is 0.335 e. The predicted octanol–water partition coefficient (Wildman–Crippen LogP) is 0.293. The van der Waals surface area contributed by atoms with Gasteiger partial charge in [-0.3, -0.25) is 9.59 Å². The highest BCUT2D eigenvalue weighted by Gasteiger charge is 2.22. The van der Waals surface area contributed by atoms with Crippen molar-refractivity contribution in [1.29, 1.82) is 0 Å². The molecule has 0 saturated carbocycles. The molecule has 0 radical (unpaired) electrons. The van der Waals surface area contributed by atoms with Crippen LogP contribution in [0.3, 0.4) is 0 Å². The van der Waals surface area contributed by atoms with E-state index >= 15 is 0 Å². The number of hydrogen-bond donors (Lipinski definition) is 1. The Morgan fingerprint density at radius 2 is 1.90 bits per heavy atom. The van der Waals surface area contributed by atoms with Crippen LogP contribution >= 0.6 is 0 Å². The van der Waals surface area contributed by atoms with Gasteiger partial charge in [0.15, 0.2) is 0 Å². The third-order valence-corrected chi connectivity index (χ3v) is 2.53. The lowest BCUT2D eigenvalue weighted by atomic mass is 10.1. The van der Waals surface area contributed by atoms with Crippen molar-refractivity contribution >= 4 is 17.8 Å². The number of esters is 2. The summed E-state index contributed by atoms with van der Waals surface area (Å²) >= 11 is 0. The fourth-order valence-electron chi connectivity index (χ4n) is 1.70. The molecule has 0 bridgehead atoms. The molecule has 1 aliphatic heterocycles. The van der Waals surface area contributed by atoms with Crippen LogP contribution in [-0.2, 0) is 28.6 Å². The lowest BCUT2D eigenvalue weighted by Gasteiger charge is -2.20. The summed E-state index contributed by atoms with van der Waals surface area (Å²) in [4.78, 5) is 34.6. The highest BCUT2D eigenvalue weighted by atomic mass is 16.5. The molecule has 0 aromatic carbocycles. The molecule has 1 rings (SSSR count). The van der Waals surface area contributed by atoms with Gasteiger partial charge in [0.05, 0.1) is 37.7 Å². The van der Waals surface area contributed by atoms with E-state index in [-0.39, 0.29) is 19.8 Å². The number of nitrogens with one attached hydrogen (secondary N) is 1. The highest BCUT2D eigenvalue weighted by Crippen LogP contribution is 2.15. The second kappa shape index (κ2) is 8.31. The third-order valence-electron chi connectivity index (χ3n) is 2.53. The second-order valence-electron chi connectivity index (χ2n) is 4.01. The minimum absolute atomic E-state index is 0.114. The molecule has 0 aromatic rings. The third kappa shape index (κ3) is 5.00. The first-order chi connectivity index (χ1) is 9.58. The molecule has 1 aliphatic rings. The fraction of sp³-hybridized carbons (Fsp3) is 0.615. The van der Waals surface area contributed by atoms with Gasteiger partial charge < -0.3 is 19.5 Å². The number of ether oxygens (including phenoxy) is 3. The van der Waals surface area contributed by atoms with Crippen LogP contribution in [-0.4, -0.2) is 44.3 Å². The predicted molar refractivity (Wildman–Crippen MR) is 68.5 cm³/mol. The summed E-state index contributed by atoms with van der Waals surface area (Å²) < 4.78 is 14.8. The van der Waals surface area contributed by atoms with Crippen LogP contribution in [0.4, 0.5) is 0 Å². The van der Waals surface area contributed by atoms with Crippen LogP contribution in [0.15, 0.2) is 11.3 Å². The molecule has 0 spiro atoms. The highest BCUT2D eigenvalue weighted by molar-refractivity contribution is 5.96. The quantitative estimate of drug-likeness (QED) is 0.557. The molecule has 0 atom stereocenters. The Balaban J connectivity index is 2.67. The van der Waals surface area contributed by atoms with E-state index in [4.69, 9.17) is 9.47 Å². The maximum absolute atomic E-state index is 11.7. The largest absolute Gasteiger partial charge is 0.466 e. The molecule has 1 heterocycles. The first-order valence-electron chi connectivity index (χ1n) is 6.50. The van der Waals surface area contributed by atoms with E-state index in [0.29, 0.717) is 24.3 Å². The Hall–Kier alpha value is -1.89. The first-order valence-corrected chi connectivity index (χ1v) is 6.50. The zero-order valence-corrected chi connectivity index (χ0v) is 11.7.